The number of para-hydroxylation sites is 2. The lowest BCUT2D eigenvalue weighted by Crippen LogP contribution is -1.96. The molecule has 3 heteroatoms. The second kappa shape index (κ2) is 8.35. The topological polar surface area (TPSA) is 76.8 Å². The molecule has 0 bridgehead atoms. The van der Waals surface area contributed by atoms with Crippen molar-refractivity contribution in [2.75, 3.05) is 6.54 Å². The van der Waals surface area contributed by atoms with Gasteiger partial charge in [0.05, 0.1) is 0 Å². The first-order chi connectivity index (χ1) is 9.36. The minimum absolute atomic E-state index is 0. The second-order valence-electron chi connectivity index (χ2n) is 4.71. The molecule has 1 aromatic heterocycles. The lowest BCUT2D eigenvalue weighted by atomic mass is 10.2. The van der Waals surface area contributed by atoms with Gasteiger partial charge < -0.3 is 16.9 Å². The minimum atomic E-state index is 0. The molecule has 0 aliphatic carbocycles. The molecule has 6 N–H and O–H groups in total. The Morgan fingerprint density at radius 2 is 1.35 bits per heavy atom. The van der Waals surface area contributed by atoms with Crippen molar-refractivity contribution < 1.29 is 0 Å². The monoisotopic (exact) mass is 271 g/mol. The van der Waals surface area contributed by atoms with Crippen LogP contribution in [0.5, 0.6) is 0 Å². The predicted octanol–water partition coefficient (Wildman–Crippen LogP) is 4.62. The molecule has 1 heterocycles. The summed E-state index contributed by atoms with van der Waals surface area (Å²) in [5.41, 5.74) is 7.64. The van der Waals surface area contributed by atoms with E-state index in [2.05, 4.69) is 60.4 Å². The van der Waals surface area contributed by atoms with Gasteiger partial charge in [0.2, 0.25) is 0 Å². The van der Waals surface area contributed by atoms with Gasteiger partial charge in [-0.1, -0.05) is 56.2 Å². The van der Waals surface area contributed by atoms with Crippen LogP contribution in [0.15, 0.2) is 48.5 Å². The van der Waals surface area contributed by atoms with Crippen LogP contribution >= 0.6 is 0 Å². The smallest absolute Gasteiger partial charge is 0.0464 e. The molecule has 0 amide bonds. The van der Waals surface area contributed by atoms with Crippen LogP contribution in [0.25, 0.3) is 21.8 Å². The molecule has 3 nitrogen and oxygen atoms in total. The molecule has 0 fully saturated rings. The van der Waals surface area contributed by atoms with Gasteiger partial charge in [0.1, 0.15) is 0 Å². The van der Waals surface area contributed by atoms with E-state index in [1.165, 1.54) is 41.1 Å². The summed E-state index contributed by atoms with van der Waals surface area (Å²) in [5, 5.41) is 2.61. The maximum atomic E-state index is 5.21. The van der Waals surface area contributed by atoms with Gasteiger partial charge in [-0.2, -0.15) is 0 Å². The number of benzene rings is 2. The summed E-state index contributed by atoms with van der Waals surface area (Å²) >= 11 is 0. The van der Waals surface area contributed by atoms with Crippen molar-refractivity contribution in [3.8, 4) is 0 Å². The quantitative estimate of drug-likeness (QED) is 0.608. The number of rotatable bonds is 3. The highest BCUT2D eigenvalue weighted by atomic mass is 14.7. The van der Waals surface area contributed by atoms with Crippen molar-refractivity contribution in [2.45, 2.75) is 26.2 Å². The first kappa shape index (κ1) is 16.2. The van der Waals surface area contributed by atoms with E-state index in [0.717, 1.165) is 6.54 Å². The third kappa shape index (κ3) is 3.83. The number of aromatic nitrogens is 1. The van der Waals surface area contributed by atoms with Crippen LogP contribution in [0.3, 0.4) is 0 Å². The summed E-state index contributed by atoms with van der Waals surface area (Å²) in [5.74, 6) is 0. The number of unbranched alkanes of at least 4 members (excludes halogenated alkanes) is 2. The Hall–Kier alpha value is -1.84. The Balaban J connectivity index is 0.000000250. The summed E-state index contributed by atoms with van der Waals surface area (Å²) < 4.78 is 0. The molecule has 0 radical (unpaired) electrons. The zero-order chi connectivity index (χ0) is 13.5. The fourth-order valence-corrected chi connectivity index (χ4v) is 2.19. The molecule has 3 aromatic rings. The van der Waals surface area contributed by atoms with Gasteiger partial charge in [0.25, 0.3) is 0 Å². The average Bonchev–Trinajstić information content (AvgIpc) is 2.84. The fraction of sp³-hybridized carbons (Fsp3) is 0.294. The van der Waals surface area contributed by atoms with Crippen LogP contribution in [0.1, 0.15) is 26.2 Å². The summed E-state index contributed by atoms with van der Waals surface area (Å²) in [4.78, 5) is 3.38. The third-order valence-electron chi connectivity index (χ3n) is 3.22. The standard InChI is InChI=1S/C12H9N.C5H13N.H3N/c1-3-7-11-9(5-1)10-6-2-4-8-12(10)13-11;1-2-3-4-5-6;/h1-8,13H;2-6H2,1H3;1H3. The van der Waals surface area contributed by atoms with Gasteiger partial charge in [-0.3, -0.25) is 0 Å². The molecule has 0 unspecified atom stereocenters. The van der Waals surface area contributed by atoms with Crippen LogP contribution in [-0.2, 0) is 0 Å². The molecule has 0 saturated carbocycles. The van der Waals surface area contributed by atoms with E-state index in [-0.39, 0.29) is 6.15 Å². The third-order valence-corrected chi connectivity index (χ3v) is 3.22. The largest absolute Gasteiger partial charge is 0.355 e. The Bertz CT molecular complexity index is 574. The highest BCUT2D eigenvalue weighted by Gasteiger charge is 2.00. The Labute approximate surface area is 120 Å². The zero-order valence-corrected chi connectivity index (χ0v) is 12.2. The maximum Gasteiger partial charge on any atom is 0.0464 e. The first-order valence-corrected chi connectivity index (χ1v) is 7.02. The molecule has 0 aliphatic rings. The highest BCUT2D eigenvalue weighted by Crippen LogP contribution is 2.24. The molecular formula is C17H25N3. The number of hydrogen-bond donors (Lipinski definition) is 3. The minimum Gasteiger partial charge on any atom is -0.355 e. The average molecular weight is 271 g/mol. The van der Waals surface area contributed by atoms with Gasteiger partial charge in [-0.15, -0.1) is 0 Å². The van der Waals surface area contributed by atoms with Crippen LogP contribution in [0.2, 0.25) is 0 Å². The Morgan fingerprint density at radius 3 is 1.75 bits per heavy atom. The van der Waals surface area contributed by atoms with Crippen molar-refractivity contribution in [2.24, 2.45) is 5.73 Å². The molecule has 0 atom stereocenters. The summed E-state index contributed by atoms with van der Waals surface area (Å²) in [6.07, 6.45) is 3.75. The van der Waals surface area contributed by atoms with Gasteiger partial charge in [0.15, 0.2) is 0 Å². The normalized spacial score (nSPS) is 9.90. The Morgan fingerprint density at radius 1 is 0.850 bits per heavy atom. The first-order valence-electron chi connectivity index (χ1n) is 7.02. The lowest BCUT2D eigenvalue weighted by Gasteiger charge is -1.87. The fourth-order valence-electron chi connectivity index (χ4n) is 2.19. The number of nitrogens with two attached hydrogens (primary N) is 1. The zero-order valence-electron chi connectivity index (χ0n) is 12.2. The van der Waals surface area contributed by atoms with Crippen molar-refractivity contribution in [1.82, 2.24) is 11.1 Å². The maximum absolute atomic E-state index is 5.21. The van der Waals surface area contributed by atoms with Crippen molar-refractivity contribution in [1.29, 1.82) is 0 Å². The van der Waals surface area contributed by atoms with E-state index in [1.807, 2.05) is 0 Å². The molecule has 108 valence electrons. The molecule has 3 rings (SSSR count). The lowest BCUT2D eigenvalue weighted by molar-refractivity contribution is 0.727. The molecule has 20 heavy (non-hydrogen) atoms. The molecule has 0 spiro atoms. The van der Waals surface area contributed by atoms with E-state index in [4.69, 9.17) is 5.73 Å². The molecule has 0 saturated heterocycles. The van der Waals surface area contributed by atoms with Crippen LogP contribution < -0.4 is 11.9 Å². The van der Waals surface area contributed by atoms with Gasteiger partial charge in [0, 0.05) is 21.8 Å². The number of hydrogen-bond acceptors (Lipinski definition) is 2. The number of aromatic amines is 1. The van der Waals surface area contributed by atoms with Gasteiger partial charge in [-0.05, 0) is 25.1 Å². The number of H-pyrrole nitrogens is 1. The summed E-state index contributed by atoms with van der Waals surface area (Å²) in [7, 11) is 0. The van der Waals surface area contributed by atoms with E-state index < -0.39 is 0 Å². The van der Waals surface area contributed by atoms with E-state index >= 15 is 0 Å². The highest BCUT2D eigenvalue weighted by molar-refractivity contribution is 6.06. The van der Waals surface area contributed by atoms with E-state index in [9.17, 15) is 0 Å². The summed E-state index contributed by atoms with van der Waals surface area (Å²) in [6.45, 7) is 3.03. The SMILES string of the molecule is CCCCCN.N.c1ccc2c(c1)[nH]c1ccccc12. The van der Waals surface area contributed by atoms with E-state index in [1.54, 1.807) is 0 Å². The summed E-state index contributed by atoms with van der Waals surface area (Å²) in [6, 6.07) is 16.8. The molecular weight excluding hydrogens is 246 g/mol. The van der Waals surface area contributed by atoms with Crippen LogP contribution in [-0.4, -0.2) is 11.5 Å². The molecule has 0 aliphatic heterocycles. The van der Waals surface area contributed by atoms with Gasteiger partial charge in [-0.25, -0.2) is 0 Å². The Kier molecular flexibility index (Phi) is 6.77. The number of fused-ring (bicyclic) bond motifs is 3. The van der Waals surface area contributed by atoms with Crippen molar-refractivity contribution >= 4 is 21.8 Å². The van der Waals surface area contributed by atoms with Crippen molar-refractivity contribution in [3.63, 3.8) is 0 Å². The predicted molar refractivity (Wildman–Crippen MR) is 89.4 cm³/mol. The number of nitrogens with one attached hydrogen (secondary N) is 1. The molecule has 2 aromatic carbocycles. The van der Waals surface area contributed by atoms with Gasteiger partial charge >= 0.3 is 0 Å². The van der Waals surface area contributed by atoms with E-state index in [0.29, 0.717) is 0 Å². The van der Waals surface area contributed by atoms with Crippen molar-refractivity contribution in [3.05, 3.63) is 48.5 Å². The van der Waals surface area contributed by atoms with Crippen LogP contribution in [0.4, 0.5) is 0 Å². The van der Waals surface area contributed by atoms with Crippen LogP contribution in [0, 0.1) is 0 Å². The second-order valence-corrected chi connectivity index (χ2v) is 4.71.